The van der Waals surface area contributed by atoms with Crippen LogP contribution in [0, 0.1) is 0 Å². The average molecular weight is 298 g/mol. The molecule has 1 unspecified atom stereocenters. The summed E-state index contributed by atoms with van der Waals surface area (Å²) in [6.45, 7) is 1.41. The maximum absolute atomic E-state index is 12.7. The lowest BCUT2D eigenvalue weighted by atomic mass is 9.98. The maximum atomic E-state index is 12.7. The molecule has 1 saturated heterocycles. The fourth-order valence-corrected chi connectivity index (χ4v) is 2.07. The van der Waals surface area contributed by atoms with Crippen LogP contribution >= 0.6 is 0 Å². The minimum absolute atomic E-state index is 0.0145. The molecular formula is C12H12F6N2. The Hall–Kier alpha value is -1.28. The van der Waals surface area contributed by atoms with Crippen molar-refractivity contribution in [3.05, 3.63) is 34.9 Å². The Labute approximate surface area is 111 Å². The van der Waals surface area contributed by atoms with Gasteiger partial charge in [-0.2, -0.15) is 26.3 Å². The first kappa shape index (κ1) is 15.1. The van der Waals surface area contributed by atoms with Crippen LogP contribution in [0.4, 0.5) is 26.3 Å². The number of benzene rings is 1. The molecule has 20 heavy (non-hydrogen) atoms. The first-order valence-corrected chi connectivity index (χ1v) is 5.91. The highest BCUT2D eigenvalue weighted by Crippen LogP contribution is 2.37. The first-order valence-electron chi connectivity index (χ1n) is 5.91. The predicted molar refractivity (Wildman–Crippen MR) is 60.1 cm³/mol. The Bertz CT molecular complexity index is 442. The highest BCUT2D eigenvalue weighted by Gasteiger charge is 2.37. The summed E-state index contributed by atoms with van der Waals surface area (Å²) < 4.78 is 76.2. The smallest absolute Gasteiger partial charge is 0.314 e. The second-order valence-electron chi connectivity index (χ2n) is 4.55. The second-order valence-corrected chi connectivity index (χ2v) is 4.55. The number of alkyl halides is 6. The number of hydrogen-bond acceptors (Lipinski definition) is 2. The first-order chi connectivity index (χ1) is 9.18. The zero-order valence-electron chi connectivity index (χ0n) is 10.2. The van der Waals surface area contributed by atoms with Crippen molar-refractivity contribution in [2.24, 2.45) is 0 Å². The average Bonchev–Trinajstić information content (AvgIpc) is 2.37. The molecule has 1 atom stereocenters. The normalized spacial score (nSPS) is 21.0. The van der Waals surface area contributed by atoms with Crippen molar-refractivity contribution >= 4 is 0 Å². The van der Waals surface area contributed by atoms with Gasteiger partial charge in [-0.05, 0) is 23.8 Å². The SMILES string of the molecule is FC(F)(F)c1cc(C2CNCCN2)cc(C(F)(F)F)c1. The lowest BCUT2D eigenvalue weighted by Gasteiger charge is -2.26. The molecule has 8 heteroatoms. The van der Waals surface area contributed by atoms with Gasteiger partial charge in [-0.3, -0.25) is 0 Å². The van der Waals surface area contributed by atoms with Gasteiger partial charge < -0.3 is 10.6 Å². The van der Waals surface area contributed by atoms with Crippen LogP contribution in [0.25, 0.3) is 0 Å². The van der Waals surface area contributed by atoms with E-state index in [2.05, 4.69) is 10.6 Å². The Morgan fingerprint density at radius 1 is 0.850 bits per heavy atom. The Kier molecular flexibility index (Phi) is 3.97. The van der Waals surface area contributed by atoms with Crippen molar-refractivity contribution in [3.63, 3.8) is 0 Å². The van der Waals surface area contributed by atoms with Crippen molar-refractivity contribution in [1.29, 1.82) is 0 Å². The van der Waals surface area contributed by atoms with Gasteiger partial charge in [0, 0.05) is 25.7 Å². The van der Waals surface area contributed by atoms with Crippen LogP contribution in [-0.4, -0.2) is 19.6 Å². The van der Waals surface area contributed by atoms with Crippen molar-refractivity contribution in [2.45, 2.75) is 18.4 Å². The summed E-state index contributed by atoms with van der Waals surface area (Å²) in [7, 11) is 0. The van der Waals surface area contributed by atoms with E-state index in [4.69, 9.17) is 0 Å². The van der Waals surface area contributed by atoms with Crippen molar-refractivity contribution < 1.29 is 26.3 Å². The van der Waals surface area contributed by atoms with Crippen molar-refractivity contribution in [2.75, 3.05) is 19.6 Å². The third kappa shape index (κ3) is 3.43. The topological polar surface area (TPSA) is 24.1 Å². The van der Waals surface area contributed by atoms with Crippen molar-refractivity contribution in [3.8, 4) is 0 Å². The second kappa shape index (κ2) is 5.25. The quantitative estimate of drug-likeness (QED) is 0.779. The van der Waals surface area contributed by atoms with Crippen LogP contribution in [0.5, 0.6) is 0 Å². The molecule has 112 valence electrons. The lowest BCUT2D eigenvalue weighted by Crippen LogP contribution is -2.42. The largest absolute Gasteiger partial charge is 0.416 e. The van der Waals surface area contributed by atoms with E-state index < -0.39 is 29.5 Å². The molecule has 1 aliphatic rings. The molecule has 1 fully saturated rings. The minimum atomic E-state index is -4.81. The van der Waals surface area contributed by atoms with Gasteiger partial charge in [0.25, 0.3) is 0 Å². The third-order valence-electron chi connectivity index (χ3n) is 3.05. The maximum Gasteiger partial charge on any atom is 0.416 e. The zero-order valence-corrected chi connectivity index (χ0v) is 10.2. The number of rotatable bonds is 1. The highest BCUT2D eigenvalue weighted by molar-refractivity contribution is 5.35. The van der Waals surface area contributed by atoms with Gasteiger partial charge in [-0.15, -0.1) is 0 Å². The monoisotopic (exact) mass is 298 g/mol. The molecule has 2 N–H and O–H groups in total. The molecule has 0 bridgehead atoms. The van der Waals surface area contributed by atoms with E-state index in [-0.39, 0.29) is 11.6 Å². The number of halogens is 6. The summed E-state index contributed by atoms with van der Waals surface area (Å²) in [6.07, 6.45) is -9.61. The molecule has 1 heterocycles. The van der Waals surface area contributed by atoms with E-state index in [0.717, 1.165) is 12.1 Å². The van der Waals surface area contributed by atoms with E-state index in [1.807, 2.05) is 0 Å². The van der Waals surface area contributed by atoms with E-state index in [9.17, 15) is 26.3 Å². The van der Waals surface area contributed by atoms with Crippen LogP contribution in [0.3, 0.4) is 0 Å². The fraction of sp³-hybridized carbons (Fsp3) is 0.500. The molecule has 2 rings (SSSR count). The van der Waals surface area contributed by atoms with E-state index >= 15 is 0 Å². The zero-order chi connectivity index (χ0) is 15.0. The Balaban J connectivity index is 2.45. The van der Waals surface area contributed by atoms with E-state index in [1.165, 1.54) is 0 Å². The summed E-state index contributed by atoms with van der Waals surface area (Å²) in [6, 6.07) is 1.10. The Morgan fingerprint density at radius 2 is 1.40 bits per heavy atom. The van der Waals surface area contributed by atoms with Crippen LogP contribution in [-0.2, 0) is 12.4 Å². The Morgan fingerprint density at radius 3 is 1.80 bits per heavy atom. The van der Waals surface area contributed by atoms with Gasteiger partial charge in [-0.1, -0.05) is 0 Å². The molecule has 2 nitrogen and oxygen atoms in total. The molecule has 0 aliphatic carbocycles. The molecule has 0 saturated carbocycles. The molecule has 1 aromatic carbocycles. The van der Waals surface area contributed by atoms with E-state index in [0.29, 0.717) is 19.6 Å². The summed E-state index contributed by atoms with van der Waals surface area (Å²) >= 11 is 0. The molecule has 0 aromatic heterocycles. The molecule has 1 aliphatic heterocycles. The van der Waals surface area contributed by atoms with Gasteiger partial charge >= 0.3 is 12.4 Å². The van der Waals surface area contributed by atoms with Crippen LogP contribution in [0.1, 0.15) is 22.7 Å². The van der Waals surface area contributed by atoms with Crippen LogP contribution in [0.2, 0.25) is 0 Å². The van der Waals surface area contributed by atoms with Crippen LogP contribution in [0.15, 0.2) is 18.2 Å². The molecule has 0 radical (unpaired) electrons. The summed E-state index contributed by atoms with van der Waals surface area (Å²) in [4.78, 5) is 0. The van der Waals surface area contributed by atoms with Crippen LogP contribution < -0.4 is 10.6 Å². The van der Waals surface area contributed by atoms with Crippen molar-refractivity contribution in [1.82, 2.24) is 10.6 Å². The van der Waals surface area contributed by atoms with Gasteiger partial charge in [0.2, 0.25) is 0 Å². The van der Waals surface area contributed by atoms with Gasteiger partial charge in [-0.25, -0.2) is 0 Å². The molecule has 0 amide bonds. The molecule has 1 aromatic rings. The number of hydrogen-bond donors (Lipinski definition) is 2. The number of nitrogens with one attached hydrogen (secondary N) is 2. The number of piperazine rings is 1. The third-order valence-corrected chi connectivity index (χ3v) is 3.05. The predicted octanol–water partition coefficient (Wildman–Crippen LogP) is 2.96. The standard InChI is InChI=1S/C12H12F6N2/c13-11(14,15)8-3-7(10-6-19-1-2-20-10)4-9(5-8)12(16,17)18/h3-5,10,19-20H,1-2,6H2. The summed E-state index contributed by atoms with van der Waals surface area (Å²) in [5.41, 5.74) is -2.58. The summed E-state index contributed by atoms with van der Waals surface area (Å²) in [5, 5.41) is 5.82. The molecule has 0 spiro atoms. The fourth-order valence-electron chi connectivity index (χ4n) is 2.07. The minimum Gasteiger partial charge on any atom is -0.314 e. The molecular weight excluding hydrogens is 286 g/mol. The van der Waals surface area contributed by atoms with E-state index in [1.54, 1.807) is 0 Å². The van der Waals surface area contributed by atoms with Gasteiger partial charge in [0.05, 0.1) is 11.1 Å². The van der Waals surface area contributed by atoms with Gasteiger partial charge in [0.15, 0.2) is 0 Å². The summed E-state index contributed by atoms with van der Waals surface area (Å²) in [5.74, 6) is 0. The lowest BCUT2D eigenvalue weighted by molar-refractivity contribution is -0.143. The van der Waals surface area contributed by atoms with Gasteiger partial charge in [0.1, 0.15) is 0 Å². The highest BCUT2D eigenvalue weighted by atomic mass is 19.4.